The smallest absolute Gasteiger partial charge is 0.273 e. The van der Waals surface area contributed by atoms with Gasteiger partial charge in [-0.15, -0.1) is 11.3 Å². The number of anilines is 1. The van der Waals surface area contributed by atoms with Gasteiger partial charge in [-0.25, -0.2) is 4.98 Å². The molecule has 0 spiro atoms. The third kappa shape index (κ3) is 5.59. The Morgan fingerprint density at radius 1 is 1.21 bits per heavy atom. The molecule has 0 unspecified atom stereocenters. The van der Waals surface area contributed by atoms with Gasteiger partial charge in [-0.05, 0) is 12.8 Å². The predicted molar refractivity (Wildman–Crippen MR) is 81.5 cm³/mol. The Balaban J connectivity index is 2.57. The molecule has 108 valence electrons. The molecule has 0 aromatic carbocycles. The second-order valence-corrected chi connectivity index (χ2v) is 5.67. The van der Waals surface area contributed by atoms with Gasteiger partial charge in [0.2, 0.25) is 0 Å². The molecule has 0 bridgehead atoms. The number of nitrogens with zero attached hydrogens (tertiary/aromatic N) is 2. The van der Waals surface area contributed by atoms with Crippen molar-refractivity contribution in [2.45, 2.75) is 52.4 Å². The molecule has 0 fully saturated rings. The Morgan fingerprint density at radius 3 is 2.21 bits per heavy atom. The van der Waals surface area contributed by atoms with Crippen molar-refractivity contribution in [1.29, 1.82) is 0 Å². The normalized spacial score (nSPS) is 10.6. The molecule has 0 saturated heterocycles. The molecule has 4 nitrogen and oxygen atoms in total. The van der Waals surface area contributed by atoms with Crippen molar-refractivity contribution in [1.82, 2.24) is 9.88 Å². The molecule has 0 aliphatic heterocycles. The summed E-state index contributed by atoms with van der Waals surface area (Å²) in [6.07, 6.45) is 6.79. The lowest BCUT2D eigenvalue weighted by atomic mass is 10.2. The van der Waals surface area contributed by atoms with Crippen LogP contribution >= 0.6 is 11.3 Å². The van der Waals surface area contributed by atoms with Crippen molar-refractivity contribution >= 4 is 22.4 Å². The van der Waals surface area contributed by atoms with Crippen LogP contribution in [0.4, 0.5) is 5.13 Å². The van der Waals surface area contributed by atoms with Crippen molar-refractivity contribution in [3.8, 4) is 0 Å². The highest BCUT2D eigenvalue weighted by Gasteiger charge is 2.17. The summed E-state index contributed by atoms with van der Waals surface area (Å²) in [4.78, 5) is 18.4. The molecule has 1 amide bonds. The lowest BCUT2D eigenvalue weighted by Crippen LogP contribution is -2.33. The van der Waals surface area contributed by atoms with Crippen molar-refractivity contribution in [2.24, 2.45) is 0 Å². The summed E-state index contributed by atoms with van der Waals surface area (Å²) in [6.45, 7) is 6.00. The number of hydrogen-bond acceptors (Lipinski definition) is 4. The van der Waals surface area contributed by atoms with Gasteiger partial charge in [0.05, 0.1) is 0 Å². The Labute approximate surface area is 120 Å². The number of nitrogens with two attached hydrogens (primary N) is 1. The number of carbonyl (C=O) groups is 1. The first-order valence-corrected chi connectivity index (χ1v) is 8.07. The quantitative estimate of drug-likeness (QED) is 0.705. The highest BCUT2D eigenvalue weighted by atomic mass is 32.1. The molecule has 0 radical (unpaired) electrons. The minimum Gasteiger partial charge on any atom is -0.375 e. The Morgan fingerprint density at radius 2 is 1.79 bits per heavy atom. The summed E-state index contributed by atoms with van der Waals surface area (Å²) in [7, 11) is 0. The summed E-state index contributed by atoms with van der Waals surface area (Å²) in [5.74, 6) is 0.0279. The van der Waals surface area contributed by atoms with Crippen LogP contribution in [-0.2, 0) is 0 Å². The van der Waals surface area contributed by atoms with Gasteiger partial charge in [-0.2, -0.15) is 0 Å². The predicted octanol–water partition coefficient (Wildman–Crippen LogP) is 3.55. The summed E-state index contributed by atoms with van der Waals surface area (Å²) in [6, 6.07) is 0. The summed E-state index contributed by atoms with van der Waals surface area (Å²) < 4.78 is 0. The van der Waals surface area contributed by atoms with Crippen LogP contribution in [0.1, 0.15) is 62.9 Å². The first kappa shape index (κ1) is 16.0. The van der Waals surface area contributed by atoms with E-state index in [1.807, 2.05) is 4.90 Å². The minimum atomic E-state index is 0.0279. The molecule has 0 aliphatic carbocycles. The molecule has 1 rings (SSSR count). The van der Waals surface area contributed by atoms with Crippen LogP contribution in [0.2, 0.25) is 0 Å². The monoisotopic (exact) mass is 283 g/mol. The van der Waals surface area contributed by atoms with E-state index in [9.17, 15) is 4.79 Å². The van der Waals surface area contributed by atoms with Crippen molar-refractivity contribution in [3.63, 3.8) is 0 Å². The van der Waals surface area contributed by atoms with E-state index in [1.54, 1.807) is 5.38 Å². The average Bonchev–Trinajstić information content (AvgIpc) is 2.83. The molecular weight excluding hydrogens is 258 g/mol. The highest BCUT2D eigenvalue weighted by molar-refractivity contribution is 7.13. The van der Waals surface area contributed by atoms with Gasteiger partial charge in [-0.3, -0.25) is 4.79 Å². The molecule has 19 heavy (non-hydrogen) atoms. The summed E-state index contributed by atoms with van der Waals surface area (Å²) in [5, 5.41) is 2.22. The largest absolute Gasteiger partial charge is 0.375 e. The van der Waals surface area contributed by atoms with E-state index in [0.717, 1.165) is 38.8 Å². The fourth-order valence-corrected chi connectivity index (χ4v) is 2.51. The van der Waals surface area contributed by atoms with E-state index in [-0.39, 0.29) is 5.91 Å². The maximum atomic E-state index is 12.4. The molecular formula is C14H25N3OS. The Kier molecular flexibility index (Phi) is 7.48. The van der Waals surface area contributed by atoms with Gasteiger partial charge in [0, 0.05) is 18.5 Å². The lowest BCUT2D eigenvalue weighted by Gasteiger charge is -2.21. The first-order chi connectivity index (χ1) is 9.19. The van der Waals surface area contributed by atoms with Crippen LogP contribution in [0.5, 0.6) is 0 Å². The maximum absolute atomic E-state index is 12.4. The standard InChI is InChI=1S/C14H25N3OS/c1-3-5-7-9-17(10-8-6-4-2)13(18)12-11-19-14(15)16-12/h11H,3-10H2,1-2H3,(H2,15,16). The van der Waals surface area contributed by atoms with E-state index < -0.39 is 0 Å². The molecule has 1 heterocycles. The van der Waals surface area contributed by atoms with Gasteiger partial charge >= 0.3 is 0 Å². The van der Waals surface area contributed by atoms with Crippen LogP contribution in [0, 0.1) is 0 Å². The van der Waals surface area contributed by atoms with Crippen LogP contribution < -0.4 is 5.73 Å². The number of aromatic nitrogens is 1. The minimum absolute atomic E-state index is 0.0279. The summed E-state index contributed by atoms with van der Waals surface area (Å²) >= 11 is 1.33. The van der Waals surface area contributed by atoms with E-state index in [2.05, 4.69) is 18.8 Å². The van der Waals surface area contributed by atoms with Crippen LogP contribution in [-0.4, -0.2) is 28.9 Å². The van der Waals surface area contributed by atoms with Crippen molar-refractivity contribution in [3.05, 3.63) is 11.1 Å². The van der Waals surface area contributed by atoms with Crippen LogP contribution in [0.15, 0.2) is 5.38 Å². The zero-order valence-corrected chi connectivity index (χ0v) is 12.8. The molecule has 1 aromatic rings. The second kappa shape index (κ2) is 8.91. The lowest BCUT2D eigenvalue weighted by molar-refractivity contribution is 0.0744. The van der Waals surface area contributed by atoms with Crippen LogP contribution in [0.25, 0.3) is 0 Å². The summed E-state index contributed by atoms with van der Waals surface area (Å²) in [5.41, 5.74) is 6.09. The van der Waals surface area contributed by atoms with Gasteiger partial charge in [0.25, 0.3) is 5.91 Å². The van der Waals surface area contributed by atoms with E-state index in [4.69, 9.17) is 5.73 Å². The third-order valence-electron chi connectivity index (χ3n) is 3.09. The fourth-order valence-electron chi connectivity index (χ4n) is 1.97. The van der Waals surface area contributed by atoms with Gasteiger partial charge < -0.3 is 10.6 Å². The molecule has 0 saturated carbocycles. The molecule has 0 atom stereocenters. The molecule has 5 heteroatoms. The SMILES string of the molecule is CCCCCN(CCCCC)C(=O)c1csc(N)n1. The van der Waals surface area contributed by atoms with E-state index in [1.165, 1.54) is 24.2 Å². The molecule has 0 aliphatic rings. The number of amides is 1. The first-order valence-electron chi connectivity index (χ1n) is 7.19. The fraction of sp³-hybridized carbons (Fsp3) is 0.714. The zero-order valence-electron chi connectivity index (χ0n) is 12.0. The average molecular weight is 283 g/mol. The highest BCUT2D eigenvalue weighted by Crippen LogP contribution is 2.14. The topological polar surface area (TPSA) is 59.2 Å². The number of thiazole rings is 1. The van der Waals surface area contributed by atoms with E-state index in [0.29, 0.717) is 10.8 Å². The maximum Gasteiger partial charge on any atom is 0.273 e. The van der Waals surface area contributed by atoms with E-state index >= 15 is 0 Å². The zero-order chi connectivity index (χ0) is 14.1. The molecule has 2 N–H and O–H groups in total. The van der Waals surface area contributed by atoms with Gasteiger partial charge in [0.1, 0.15) is 5.69 Å². The number of unbranched alkanes of at least 4 members (excludes halogenated alkanes) is 4. The second-order valence-electron chi connectivity index (χ2n) is 4.78. The Bertz CT molecular complexity index is 369. The van der Waals surface area contributed by atoms with Crippen molar-refractivity contribution in [2.75, 3.05) is 18.8 Å². The van der Waals surface area contributed by atoms with Gasteiger partial charge in [0.15, 0.2) is 5.13 Å². The Hall–Kier alpha value is -1.10. The van der Waals surface area contributed by atoms with Crippen molar-refractivity contribution < 1.29 is 4.79 Å². The van der Waals surface area contributed by atoms with Crippen LogP contribution in [0.3, 0.4) is 0 Å². The number of hydrogen-bond donors (Lipinski definition) is 1. The number of carbonyl (C=O) groups excluding carboxylic acids is 1. The van der Waals surface area contributed by atoms with Gasteiger partial charge in [-0.1, -0.05) is 39.5 Å². The molecule has 1 aromatic heterocycles. The number of rotatable bonds is 9. The number of nitrogen functional groups attached to an aromatic ring is 1. The third-order valence-corrected chi connectivity index (χ3v) is 3.77.